The zero-order valence-corrected chi connectivity index (χ0v) is 13.2. The van der Waals surface area contributed by atoms with Crippen molar-refractivity contribution in [2.45, 2.75) is 31.5 Å². The first-order valence-electron chi connectivity index (χ1n) is 5.97. The van der Waals surface area contributed by atoms with Crippen molar-refractivity contribution in [3.05, 3.63) is 28.8 Å². The van der Waals surface area contributed by atoms with E-state index in [4.69, 9.17) is 16.3 Å². The summed E-state index contributed by atoms with van der Waals surface area (Å²) in [7, 11) is 1.55. The third-order valence-electron chi connectivity index (χ3n) is 2.72. The van der Waals surface area contributed by atoms with E-state index in [0.717, 1.165) is 12.8 Å². The Kier molecular flexibility index (Phi) is 6.16. The first-order chi connectivity index (χ1) is 8.45. The number of Topliss-reactive ketones (excluding diaryl/α,β-unsaturated/α-hetero) is 1. The number of carbonyl (C=O) groups excluding carboxylic acids is 1. The lowest BCUT2D eigenvalue weighted by Crippen LogP contribution is -2.15. The van der Waals surface area contributed by atoms with Gasteiger partial charge in [0.15, 0.2) is 5.78 Å². The standard InChI is InChI=1S/C14H18BrClO2/c1-9(2)4-6-11(15)14(17)10-5-7-13(18-3)12(16)8-10/h5,7-9,11H,4,6H2,1-3H3. The summed E-state index contributed by atoms with van der Waals surface area (Å²) < 4.78 is 5.06. The highest BCUT2D eigenvalue weighted by Crippen LogP contribution is 2.27. The predicted molar refractivity (Wildman–Crippen MR) is 79.1 cm³/mol. The first kappa shape index (κ1) is 15.5. The summed E-state index contributed by atoms with van der Waals surface area (Å²) in [4.78, 5) is 12.0. The molecule has 0 aliphatic heterocycles. The molecule has 1 rings (SSSR count). The van der Waals surface area contributed by atoms with E-state index in [1.54, 1.807) is 25.3 Å². The number of ether oxygens (including phenoxy) is 1. The maximum Gasteiger partial charge on any atom is 0.176 e. The van der Waals surface area contributed by atoms with Crippen molar-refractivity contribution in [3.63, 3.8) is 0 Å². The van der Waals surface area contributed by atoms with Crippen LogP contribution in [0.1, 0.15) is 37.0 Å². The minimum Gasteiger partial charge on any atom is -0.495 e. The Morgan fingerprint density at radius 2 is 2.06 bits per heavy atom. The van der Waals surface area contributed by atoms with Gasteiger partial charge in [-0.15, -0.1) is 0 Å². The monoisotopic (exact) mass is 332 g/mol. The molecule has 0 fully saturated rings. The van der Waals surface area contributed by atoms with Crippen LogP contribution in [-0.4, -0.2) is 17.7 Å². The van der Waals surface area contributed by atoms with E-state index in [0.29, 0.717) is 22.3 Å². The summed E-state index contributed by atoms with van der Waals surface area (Å²) in [6.07, 6.45) is 1.85. The number of alkyl halides is 1. The number of hydrogen-bond donors (Lipinski definition) is 0. The summed E-state index contributed by atoms with van der Waals surface area (Å²) >= 11 is 9.46. The molecule has 0 heterocycles. The maximum atomic E-state index is 12.2. The van der Waals surface area contributed by atoms with Crippen LogP contribution in [-0.2, 0) is 0 Å². The Balaban J connectivity index is 2.74. The van der Waals surface area contributed by atoms with Crippen molar-refractivity contribution in [2.75, 3.05) is 7.11 Å². The van der Waals surface area contributed by atoms with Gasteiger partial charge in [0.1, 0.15) is 5.75 Å². The lowest BCUT2D eigenvalue weighted by Gasteiger charge is -2.11. The normalized spacial score (nSPS) is 12.6. The molecule has 1 atom stereocenters. The number of ketones is 1. The van der Waals surface area contributed by atoms with Crippen LogP contribution in [0.5, 0.6) is 5.75 Å². The zero-order valence-electron chi connectivity index (χ0n) is 10.9. The Morgan fingerprint density at radius 1 is 1.39 bits per heavy atom. The van der Waals surface area contributed by atoms with Crippen LogP contribution in [0.2, 0.25) is 5.02 Å². The first-order valence-corrected chi connectivity index (χ1v) is 7.27. The molecule has 1 unspecified atom stereocenters. The van der Waals surface area contributed by atoms with Gasteiger partial charge in [0, 0.05) is 5.56 Å². The highest BCUT2D eigenvalue weighted by atomic mass is 79.9. The molecule has 0 aliphatic rings. The number of benzene rings is 1. The predicted octanol–water partition coefficient (Wildman–Crippen LogP) is 4.73. The van der Waals surface area contributed by atoms with Gasteiger partial charge in [-0.25, -0.2) is 0 Å². The Bertz CT molecular complexity index is 418. The fourth-order valence-corrected chi connectivity index (χ4v) is 2.40. The van der Waals surface area contributed by atoms with Gasteiger partial charge in [-0.3, -0.25) is 4.79 Å². The van der Waals surface area contributed by atoms with Gasteiger partial charge in [-0.1, -0.05) is 41.4 Å². The Hall–Kier alpha value is -0.540. The molecule has 0 aliphatic carbocycles. The third kappa shape index (κ3) is 4.29. The molecule has 1 aromatic carbocycles. The van der Waals surface area contributed by atoms with Crippen molar-refractivity contribution in [3.8, 4) is 5.75 Å². The van der Waals surface area contributed by atoms with E-state index in [1.165, 1.54) is 0 Å². The van der Waals surface area contributed by atoms with Crippen LogP contribution in [0, 0.1) is 5.92 Å². The summed E-state index contributed by atoms with van der Waals surface area (Å²) in [6, 6.07) is 5.13. The summed E-state index contributed by atoms with van der Waals surface area (Å²) in [6.45, 7) is 4.29. The van der Waals surface area contributed by atoms with E-state index in [-0.39, 0.29) is 10.6 Å². The van der Waals surface area contributed by atoms with E-state index >= 15 is 0 Å². The molecule has 18 heavy (non-hydrogen) atoms. The lowest BCUT2D eigenvalue weighted by molar-refractivity contribution is 0.0987. The average Bonchev–Trinajstić information content (AvgIpc) is 2.34. The fraction of sp³-hybridized carbons (Fsp3) is 0.500. The molecule has 0 saturated carbocycles. The Morgan fingerprint density at radius 3 is 2.56 bits per heavy atom. The minimum absolute atomic E-state index is 0.0696. The highest BCUT2D eigenvalue weighted by Gasteiger charge is 2.18. The zero-order chi connectivity index (χ0) is 13.7. The summed E-state index contributed by atoms with van der Waals surface area (Å²) in [5.74, 6) is 1.25. The van der Waals surface area contributed by atoms with Crippen molar-refractivity contribution in [1.82, 2.24) is 0 Å². The molecule has 0 amide bonds. The molecule has 2 nitrogen and oxygen atoms in total. The largest absolute Gasteiger partial charge is 0.495 e. The molecule has 0 saturated heterocycles. The molecule has 1 aromatic rings. The molecule has 100 valence electrons. The van der Waals surface area contributed by atoms with Crippen LogP contribution in [0.15, 0.2) is 18.2 Å². The number of halogens is 2. The van der Waals surface area contributed by atoms with Gasteiger partial charge in [-0.2, -0.15) is 0 Å². The number of carbonyl (C=O) groups is 1. The highest BCUT2D eigenvalue weighted by molar-refractivity contribution is 9.10. The number of methoxy groups -OCH3 is 1. The van der Waals surface area contributed by atoms with Gasteiger partial charge in [0.2, 0.25) is 0 Å². The quantitative estimate of drug-likeness (QED) is 0.555. The van der Waals surface area contributed by atoms with Gasteiger partial charge >= 0.3 is 0 Å². The Labute approximate surface area is 122 Å². The van der Waals surface area contributed by atoms with Crippen molar-refractivity contribution in [1.29, 1.82) is 0 Å². The summed E-state index contributed by atoms with van der Waals surface area (Å²) in [5, 5.41) is 0.465. The van der Waals surface area contributed by atoms with Crippen LogP contribution < -0.4 is 4.74 Å². The van der Waals surface area contributed by atoms with Crippen LogP contribution >= 0.6 is 27.5 Å². The SMILES string of the molecule is COc1ccc(C(=O)C(Br)CCC(C)C)cc1Cl. The van der Waals surface area contributed by atoms with Gasteiger partial charge in [-0.05, 0) is 37.0 Å². The summed E-state index contributed by atoms with van der Waals surface area (Å²) in [5.41, 5.74) is 0.617. The van der Waals surface area contributed by atoms with Crippen LogP contribution in [0.25, 0.3) is 0 Å². The van der Waals surface area contributed by atoms with Crippen molar-refractivity contribution >= 4 is 33.3 Å². The van der Waals surface area contributed by atoms with E-state index < -0.39 is 0 Å². The molecule has 0 N–H and O–H groups in total. The average molecular weight is 334 g/mol. The number of rotatable bonds is 6. The molecular formula is C14H18BrClO2. The second-order valence-corrected chi connectivity index (χ2v) is 6.16. The fourth-order valence-electron chi connectivity index (χ4n) is 1.61. The topological polar surface area (TPSA) is 26.3 Å². The van der Waals surface area contributed by atoms with E-state index in [1.807, 2.05) is 0 Å². The van der Waals surface area contributed by atoms with Gasteiger partial charge < -0.3 is 4.74 Å². The van der Waals surface area contributed by atoms with Gasteiger partial charge in [0.25, 0.3) is 0 Å². The molecule has 4 heteroatoms. The number of hydrogen-bond acceptors (Lipinski definition) is 2. The van der Waals surface area contributed by atoms with Crippen molar-refractivity contribution in [2.24, 2.45) is 5.92 Å². The van der Waals surface area contributed by atoms with Crippen LogP contribution in [0.3, 0.4) is 0 Å². The molecule has 0 aromatic heterocycles. The lowest BCUT2D eigenvalue weighted by atomic mass is 10.0. The van der Waals surface area contributed by atoms with E-state index in [2.05, 4.69) is 29.8 Å². The van der Waals surface area contributed by atoms with Crippen LogP contribution in [0.4, 0.5) is 0 Å². The molecule has 0 bridgehead atoms. The second kappa shape index (κ2) is 7.15. The second-order valence-electron chi connectivity index (χ2n) is 4.65. The smallest absolute Gasteiger partial charge is 0.176 e. The molecule has 0 radical (unpaired) electrons. The van der Waals surface area contributed by atoms with E-state index in [9.17, 15) is 4.79 Å². The van der Waals surface area contributed by atoms with Crippen molar-refractivity contribution < 1.29 is 9.53 Å². The molecule has 0 spiro atoms. The van der Waals surface area contributed by atoms with Gasteiger partial charge in [0.05, 0.1) is 17.0 Å². The maximum absolute atomic E-state index is 12.2. The minimum atomic E-state index is -0.149. The third-order valence-corrected chi connectivity index (χ3v) is 3.89. The molecular weight excluding hydrogens is 316 g/mol.